The van der Waals surface area contributed by atoms with Crippen LogP contribution in [0.3, 0.4) is 0 Å². The summed E-state index contributed by atoms with van der Waals surface area (Å²) in [6.07, 6.45) is 2.37. The molecule has 3 rings (SSSR count). The predicted molar refractivity (Wildman–Crippen MR) is 79.4 cm³/mol. The molecule has 0 aromatic heterocycles. The normalized spacial score (nSPS) is 22.2. The Hall–Kier alpha value is -1.27. The molecule has 2 heterocycles. The molecule has 6 heteroatoms. The average Bonchev–Trinajstić information content (AvgIpc) is 2.99. The highest BCUT2D eigenvalue weighted by atomic mass is 32.2. The van der Waals surface area contributed by atoms with Crippen molar-refractivity contribution in [3.05, 3.63) is 23.3 Å². The zero-order valence-corrected chi connectivity index (χ0v) is 12.4. The molecule has 1 fully saturated rings. The van der Waals surface area contributed by atoms with E-state index in [0.29, 0.717) is 18.8 Å². The third kappa shape index (κ3) is 2.38. The number of rotatable bonds is 3. The summed E-state index contributed by atoms with van der Waals surface area (Å²) < 4.78 is 32.1. The van der Waals surface area contributed by atoms with Gasteiger partial charge in [0.1, 0.15) is 0 Å². The molecule has 0 saturated carbocycles. The fourth-order valence-corrected chi connectivity index (χ4v) is 4.69. The maximum Gasteiger partial charge on any atom is 0.237 e. The van der Waals surface area contributed by atoms with Gasteiger partial charge in [-0.25, -0.2) is 8.42 Å². The Balaban J connectivity index is 1.88. The van der Waals surface area contributed by atoms with E-state index in [9.17, 15) is 8.42 Å². The van der Waals surface area contributed by atoms with Crippen LogP contribution in [0.2, 0.25) is 0 Å². The number of nitrogen functional groups attached to an aromatic ring is 1. The second-order valence-corrected chi connectivity index (χ2v) is 7.51. The molecule has 0 amide bonds. The molecule has 2 aliphatic heterocycles. The Morgan fingerprint density at radius 2 is 2.25 bits per heavy atom. The number of ether oxygens (including phenoxy) is 1. The molecule has 20 heavy (non-hydrogen) atoms. The number of hydrogen-bond acceptors (Lipinski definition) is 4. The van der Waals surface area contributed by atoms with Crippen LogP contribution in [0.5, 0.6) is 0 Å². The summed E-state index contributed by atoms with van der Waals surface area (Å²) in [5.41, 5.74) is 9.36. The van der Waals surface area contributed by atoms with Gasteiger partial charge in [-0.2, -0.15) is 0 Å². The first-order chi connectivity index (χ1) is 9.47. The van der Waals surface area contributed by atoms with E-state index < -0.39 is 10.0 Å². The number of benzene rings is 1. The van der Waals surface area contributed by atoms with Crippen LogP contribution in [-0.4, -0.2) is 33.4 Å². The van der Waals surface area contributed by atoms with E-state index in [2.05, 4.69) is 0 Å². The monoisotopic (exact) mass is 296 g/mol. The van der Waals surface area contributed by atoms with E-state index in [-0.39, 0.29) is 11.9 Å². The largest absolute Gasteiger partial charge is 0.398 e. The van der Waals surface area contributed by atoms with Crippen molar-refractivity contribution < 1.29 is 13.2 Å². The summed E-state index contributed by atoms with van der Waals surface area (Å²) in [6, 6.07) is 3.77. The lowest BCUT2D eigenvalue weighted by Gasteiger charge is -2.22. The van der Waals surface area contributed by atoms with Gasteiger partial charge in [0.15, 0.2) is 0 Å². The molecule has 1 saturated heterocycles. The van der Waals surface area contributed by atoms with E-state index in [0.717, 1.165) is 36.1 Å². The van der Waals surface area contributed by atoms with Crippen LogP contribution in [0, 0.1) is 6.92 Å². The van der Waals surface area contributed by atoms with Gasteiger partial charge in [-0.05, 0) is 43.4 Å². The molecule has 2 N–H and O–H groups in total. The Morgan fingerprint density at radius 3 is 2.95 bits per heavy atom. The minimum absolute atomic E-state index is 0.0697. The van der Waals surface area contributed by atoms with Crippen molar-refractivity contribution in [2.24, 2.45) is 0 Å². The Morgan fingerprint density at radius 1 is 1.45 bits per heavy atom. The summed E-state index contributed by atoms with van der Waals surface area (Å²) >= 11 is 0. The fourth-order valence-electron chi connectivity index (χ4n) is 2.94. The van der Waals surface area contributed by atoms with Crippen molar-refractivity contribution in [2.45, 2.75) is 32.3 Å². The van der Waals surface area contributed by atoms with E-state index in [4.69, 9.17) is 10.5 Å². The van der Waals surface area contributed by atoms with Crippen molar-refractivity contribution in [3.8, 4) is 0 Å². The van der Waals surface area contributed by atoms with Crippen LogP contribution < -0.4 is 10.0 Å². The smallest absolute Gasteiger partial charge is 0.237 e. The second-order valence-electron chi connectivity index (χ2n) is 5.57. The molecule has 110 valence electrons. The fraction of sp³-hybridized carbons (Fsp3) is 0.571. The molecule has 1 aromatic carbocycles. The third-order valence-corrected chi connectivity index (χ3v) is 5.92. The molecular weight excluding hydrogens is 276 g/mol. The minimum Gasteiger partial charge on any atom is -0.398 e. The van der Waals surface area contributed by atoms with Crippen molar-refractivity contribution in [1.82, 2.24) is 0 Å². The molecule has 5 nitrogen and oxygen atoms in total. The lowest BCUT2D eigenvalue weighted by atomic mass is 10.1. The Labute approximate surface area is 119 Å². The number of fused-ring (bicyclic) bond motifs is 1. The molecule has 1 aromatic rings. The zero-order chi connectivity index (χ0) is 14.3. The van der Waals surface area contributed by atoms with E-state index in [1.54, 1.807) is 6.07 Å². The van der Waals surface area contributed by atoms with E-state index in [1.807, 2.05) is 13.0 Å². The van der Waals surface area contributed by atoms with Crippen molar-refractivity contribution in [2.75, 3.05) is 28.9 Å². The van der Waals surface area contributed by atoms with Crippen molar-refractivity contribution >= 4 is 21.4 Å². The van der Waals surface area contributed by atoms with Gasteiger partial charge >= 0.3 is 0 Å². The number of sulfonamides is 1. The van der Waals surface area contributed by atoms with E-state index in [1.165, 1.54) is 4.31 Å². The average molecular weight is 296 g/mol. The summed E-state index contributed by atoms with van der Waals surface area (Å²) in [4.78, 5) is 0. The third-order valence-electron chi connectivity index (χ3n) is 4.08. The zero-order valence-electron chi connectivity index (χ0n) is 11.6. The van der Waals surface area contributed by atoms with E-state index >= 15 is 0 Å². The summed E-state index contributed by atoms with van der Waals surface area (Å²) in [5.74, 6) is 0.0697. The molecular formula is C14H20N2O3S. The topological polar surface area (TPSA) is 72.6 Å². The maximum atomic E-state index is 12.6. The first-order valence-electron chi connectivity index (χ1n) is 6.98. The molecule has 0 aliphatic carbocycles. The molecule has 0 radical (unpaired) electrons. The van der Waals surface area contributed by atoms with Gasteiger partial charge in [-0.15, -0.1) is 0 Å². The SMILES string of the molecule is Cc1cc2c(cc1N)N(S(=O)(=O)CC1CCCO1)CC2. The maximum absolute atomic E-state index is 12.6. The van der Waals surface area contributed by atoms with Crippen LogP contribution in [0.25, 0.3) is 0 Å². The van der Waals surface area contributed by atoms with Crippen LogP contribution in [0.4, 0.5) is 11.4 Å². The van der Waals surface area contributed by atoms with Crippen molar-refractivity contribution in [3.63, 3.8) is 0 Å². The molecule has 1 atom stereocenters. The standard InChI is InChI=1S/C14H20N2O3S/c1-10-7-11-4-5-16(14(11)8-13(10)15)20(17,18)9-12-3-2-6-19-12/h7-8,12H,2-6,9,15H2,1H3. The number of anilines is 2. The first kappa shape index (κ1) is 13.7. The molecule has 2 aliphatic rings. The van der Waals surface area contributed by atoms with Gasteiger partial charge in [0.2, 0.25) is 10.0 Å². The highest BCUT2D eigenvalue weighted by Crippen LogP contribution is 2.34. The van der Waals surface area contributed by atoms with Crippen LogP contribution in [0.1, 0.15) is 24.0 Å². The summed E-state index contributed by atoms with van der Waals surface area (Å²) in [6.45, 7) is 3.12. The van der Waals surface area contributed by atoms with Crippen molar-refractivity contribution in [1.29, 1.82) is 0 Å². The number of aryl methyl sites for hydroxylation is 1. The van der Waals surface area contributed by atoms with Crippen LogP contribution in [-0.2, 0) is 21.2 Å². The van der Waals surface area contributed by atoms with Crippen LogP contribution in [0.15, 0.2) is 12.1 Å². The highest BCUT2D eigenvalue weighted by Gasteiger charge is 2.33. The lowest BCUT2D eigenvalue weighted by Crippen LogP contribution is -2.35. The molecule has 0 spiro atoms. The minimum atomic E-state index is -3.33. The van der Waals surface area contributed by atoms with Gasteiger partial charge in [-0.1, -0.05) is 6.07 Å². The lowest BCUT2D eigenvalue weighted by molar-refractivity contribution is 0.127. The van der Waals surface area contributed by atoms with Crippen LogP contribution >= 0.6 is 0 Å². The van der Waals surface area contributed by atoms with Gasteiger partial charge in [0.05, 0.1) is 17.5 Å². The van der Waals surface area contributed by atoms with Gasteiger partial charge in [0.25, 0.3) is 0 Å². The number of nitrogens with zero attached hydrogens (tertiary/aromatic N) is 1. The number of nitrogens with two attached hydrogens (primary N) is 1. The summed E-state index contributed by atoms with van der Waals surface area (Å²) in [5, 5.41) is 0. The second kappa shape index (κ2) is 4.93. The first-order valence-corrected chi connectivity index (χ1v) is 8.59. The highest BCUT2D eigenvalue weighted by molar-refractivity contribution is 7.92. The quantitative estimate of drug-likeness (QED) is 0.857. The summed E-state index contributed by atoms with van der Waals surface area (Å²) in [7, 11) is -3.33. The molecule has 1 unspecified atom stereocenters. The van der Waals surface area contributed by atoms with Gasteiger partial charge in [0, 0.05) is 18.8 Å². The Kier molecular flexibility index (Phi) is 3.38. The van der Waals surface area contributed by atoms with Gasteiger partial charge in [-0.3, -0.25) is 4.31 Å². The number of hydrogen-bond donors (Lipinski definition) is 1. The van der Waals surface area contributed by atoms with Gasteiger partial charge < -0.3 is 10.5 Å². The molecule has 0 bridgehead atoms. The Bertz CT molecular complexity index is 622. The predicted octanol–water partition coefficient (Wildman–Crippen LogP) is 1.45.